The van der Waals surface area contributed by atoms with Crippen molar-refractivity contribution in [1.29, 1.82) is 0 Å². The van der Waals surface area contributed by atoms with Crippen molar-refractivity contribution in [3.8, 4) is 34.5 Å². The number of hydrogen-bond acceptors (Lipinski definition) is 9. The Morgan fingerprint density at radius 3 is 2.49 bits per heavy atom. The molecule has 0 spiro atoms. The molecule has 0 unspecified atom stereocenters. The van der Waals surface area contributed by atoms with E-state index in [9.17, 15) is 4.79 Å². The second-order valence-electron chi connectivity index (χ2n) is 11.3. The number of rotatable bonds is 14. The first-order valence-electron chi connectivity index (χ1n) is 15.8. The first-order valence-corrected chi connectivity index (χ1v) is 16.7. The third-order valence-electron chi connectivity index (χ3n) is 7.79. The van der Waals surface area contributed by atoms with Crippen LogP contribution in [-0.4, -0.2) is 37.9 Å². The quantitative estimate of drug-likeness (QED) is 0.122. The smallest absolute Gasteiger partial charge is 0.307 e. The minimum atomic E-state index is -0.879. The summed E-state index contributed by atoms with van der Waals surface area (Å²) < 4.78 is 25.8. The number of nitrogens with zero attached hydrogens (tertiary/aromatic N) is 4. The van der Waals surface area contributed by atoms with Crippen LogP contribution in [0.5, 0.6) is 17.4 Å². The number of para-hydroxylation sites is 1. The lowest BCUT2D eigenvalue weighted by Crippen LogP contribution is -2.02. The molecule has 0 bridgehead atoms. The van der Waals surface area contributed by atoms with Crippen molar-refractivity contribution in [1.82, 2.24) is 19.7 Å². The predicted molar refractivity (Wildman–Crippen MR) is 188 cm³/mol. The number of methoxy groups -OCH3 is 1. The van der Waals surface area contributed by atoms with Crippen LogP contribution < -0.4 is 14.2 Å². The number of aromatic nitrogens is 4. The number of carboxylic acids is 1. The zero-order chi connectivity index (χ0) is 34.3. The molecule has 3 heterocycles. The van der Waals surface area contributed by atoms with Gasteiger partial charge in [0, 0.05) is 17.1 Å². The van der Waals surface area contributed by atoms with E-state index in [1.54, 1.807) is 42.7 Å². The summed E-state index contributed by atoms with van der Waals surface area (Å²) in [5, 5.41) is 16.9. The Kier molecular flexibility index (Phi) is 10.2. The number of aliphatic carboxylic acids is 1. The third-order valence-corrected chi connectivity index (χ3v) is 8.80. The minimum Gasteiger partial charge on any atom is -0.493 e. The molecule has 11 heteroatoms. The number of ether oxygens (including phenoxy) is 3. The Labute approximate surface area is 288 Å². The number of benzene rings is 3. The van der Waals surface area contributed by atoms with Gasteiger partial charge in [-0.25, -0.2) is 14.6 Å². The summed E-state index contributed by atoms with van der Waals surface area (Å²) in [6.07, 6.45) is 6.79. The molecule has 0 aliphatic heterocycles. The van der Waals surface area contributed by atoms with Crippen LogP contribution in [0.3, 0.4) is 0 Å². The van der Waals surface area contributed by atoms with Gasteiger partial charge in [-0.1, -0.05) is 43.3 Å². The van der Waals surface area contributed by atoms with Gasteiger partial charge in [0.05, 0.1) is 35.5 Å². The minimum absolute atomic E-state index is 0.0405. The van der Waals surface area contributed by atoms with E-state index in [1.165, 1.54) is 0 Å². The maximum absolute atomic E-state index is 11.0. The predicted octanol–water partition coefficient (Wildman–Crippen LogP) is 8.13. The number of carboxylic acid groups (broad SMARTS) is 1. The third kappa shape index (κ3) is 8.07. The second kappa shape index (κ2) is 15.0. The molecule has 0 saturated heterocycles. The van der Waals surface area contributed by atoms with E-state index in [-0.39, 0.29) is 19.6 Å². The van der Waals surface area contributed by atoms with Crippen LogP contribution in [0.4, 0.5) is 0 Å². The Morgan fingerprint density at radius 1 is 0.959 bits per heavy atom. The first kappa shape index (κ1) is 33.2. The molecule has 49 heavy (non-hydrogen) atoms. The van der Waals surface area contributed by atoms with Crippen molar-refractivity contribution in [2.75, 3.05) is 7.11 Å². The van der Waals surface area contributed by atoms with Crippen molar-refractivity contribution in [2.45, 2.75) is 46.8 Å². The maximum Gasteiger partial charge on any atom is 0.307 e. The SMILES string of the molecule is CCc1nc(C=Cc2cn(-c3ccccc3C)nc2OCc2ccc(OCc3nc(-c4ccc(CC(=O)O)cc4)oc3C)c(OC)c2)cs1. The molecule has 6 aromatic rings. The molecule has 0 fully saturated rings. The van der Waals surface area contributed by atoms with Gasteiger partial charge >= 0.3 is 5.97 Å². The number of hydrogen-bond donors (Lipinski definition) is 1. The van der Waals surface area contributed by atoms with E-state index < -0.39 is 5.97 Å². The summed E-state index contributed by atoms with van der Waals surface area (Å²) in [5.41, 5.74) is 6.79. The highest BCUT2D eigenvalue weighted by molar-refractivity contribution is 7.09. The number of aryl methyl sites for hydroxylation is 3. The van der Waals surface area contributed by atoms with Gasteiger partial charge in [-0.05, 0) is 79.4 Å². The van der Waals surface area contributed by atoms with Crippen LogP contribution in [0.15, 0.2) is 82.7 Å². The van der Waals surface area contributed by atoms with E-state index in [4.69, 9.17) is 28.8 Å². The van der Waals surface area contributed by atoms with Gasteiger partial charge in [-0.15, -0.1) is 16.4 Å². The summed E-state index contributed by atoms with van der Waals surface area (Å²) in [6, 6.07) is 20.8. The number of oxazole rings is 1. The van der Waals surface area contributed by atoms with Crippen LogP contribution >= 0.6 is 11.3 Å². The van der Waals surface area contributed by atoms with Gasteiger partial charge in [-0.3, -0.25) is 4.79 Å². The molecular weight excluding hydrogens is 641 g/mol. The summed E-state index contributed by atoms with van der Waals surface area (Å²) >= 11 is 1.65. The molecule has 1 N–H and O–H groups in total. The lowest BCUT2D eigenvalue weighted by molar-refractivity contribution is -0.136. The van der Waals surface area contributed by atoms with Gasteiger partial charge in [0.1, 0.15) is 24.7 Å². The number of thiazole rings is 1. The van der Waals surface area contributed by atoms with Gasteiger partial charge < -0.3 is 23.7 Å². The normalized spacial score (nSPS) is 11.3. The topological polar surface area (TPSA) is 122 Å². The van der Waals surface area contributed by atoms with Crippen molar-refractivity contribution >= 4 is 29.5 Å². The Morgan fingerprint density at radius 2 is 1.76 bits per heavy atom. The van der Waals surface area contributed by atoms with Crippen LogP contribution in [-0.2, 0) is 30.8 Å². The molecule has 10 nitrogen and oxygen atoms in total. The average Bonchev–Trinajstić information content (AvgIpc) is 3.84. The largest absolute Gasteiger partial charge is 0.493 e. The van der Waals surface area contributed by atoms with E-state index >= 15 is 0 Å². The number of carbonyl (C=O) groups is 1. The second-order valence-corrected chi connectivity index (χ2v) is 12.3. The molecule has 0 aliphatic carbocycles. The monoisotopic (exact) mass is 676 g/mol. The fourth-order valence-electron chi connectivity index (χ4n) is 5.13. The van der Waals surface area contributed by atoms with E-state index in [0.717, 1.165) is 45.1 Å². The first-order chi connectivity index (χ1) is 23.8. The van der Waals surface area contributed by atoms with Crippen LogP contribution in [0.1, 0.15) is 51.3 Å². The lowest BCUT2D eigenvalue weighted by Gasteiger charge is -2.12. The molecule has 0 radical (unpaired) electrons. The van der Waals surface area contributed by atoms with Gasteiger partial charge in [0.15, 0.2) is 11.5 Å². The van der Waals surface area contributed by atoms with Crippen molar-refractivity contribution < 1.29 is 28.5 Å². The molecule has 0 amide bonds. The molecule has 0 aliphatic rings. The average molecular weight is 677 g/mol. The van der Waals surface area contributed by atoms with E-state index in [0.29, 0.717) is 40.3 Å². The Balaban J connectivity index is 1.15. The zero-order valence-electron chi connectivity index (χ0n) is 27.7. The molecule has 250 valence electrons. The summed E-state index contributed by atoms with van der Waals surface area (Å²) in [6.45, 7) is 6.41. The van der Waals surface area contributed by atoms with Gasteiger partial charge in [0.25, 0.3) is 0 Å². The van der Waals surface area contributed by atoms with E-state index in [1.807, 2.05) is 71.7 Å². The molecule has 0 saturated carbocycles. The van der Waals surface area contributed by atoms with Crippen LogP contribution in [0.2, 0.25) is 0 Å². The zero-order valence-corrected chi connectivity index (χ0v) is 28.5. The van der Waals surface area contributed by atoms with Crippen molar-refractivity contribution in [2.24, 2.45) is 0 Å². The Bertz CT molecular complexity index is 2090. The highest BCUT2D eigenvalue weighted by atomic mass is 32.1. The fraction of sp³-hybridized carbons (Fsp3) is 0.211. The van der Waals surface area contributed by atoms with Crippen LogP contribution in [0, 0.1) is 13.8 Å². The van der Waals surface area contributed by atoms with Crippen molar-refractivity contribution in [3.05, 3.63) is 123 Å². The molecule has 3 aromatic heterocycles. The Hall–Kier alpha value is -5.68. The standard InChI is InChI=1S/C38H36N4O6S/c1-5-35-39-30(23-49-35)16-15-29-20-42(32-9-7-6-8-24(32)2)41-38(29)47-21-27-12-17-33(34(18-27)45-4)46-22-31-25(3)48-37(40-31)28-13-10-26(11-14-28)19-36(43)44/h6-18,20,23H,5,19,21-22H2,1-4H3,(H,43,44). The molecular formula is C38H36N4O6S. The molecule has 6 rings (SSSR count). The summed E-state index contributed by atoms with van der Waals surface area (Å²) in [7, 11) is 1.59. The maximum atomic E-state index is 11.0. The molecule has 0 atom stereocenters. The van der Waals surface area contributed by atoms with Crippen LogP contribution in [0.25, 0.3) is 29.3 Å². The highest BCUT2D eigenvalue weighted by Gasteiger charge is 2.16. The fourth-order valence-corrected chi connectivity index (χ4v) is 5.84. The molecule has 3 aromatic carbocycles. The van der Waals surface area contributed by atoms with Crippen molar-refractivity contribution in [3.63, 3.8) is 0 Å². The summed E-state index contributed by atoms with van der Waals surface area (Å²) in [5.74, 6) is 1.79. The van der Waals surface area contributed by atoms with Gasteiger partial charge in [0.2, 0.25) is 11.8 Å². The highest BCUT2D eigenvalue weighted by Crippen LogP contribution is 2.31. The lowest BCUT2D eigenvalue weighted by atomic mass is 10.1. The van der Waals surface area contributed by atoms with E-state index in [2.05, 4.69) is 29.9 Å². The summed E-state index contributed by atoms with van der Waals surface area (Å²) in [4.78, 5) is 20.3. The van der Waals surface area contributed by atoms with Gasteiger partial charge in [-0.2, -0.15) is 0 Å².